The van der Waals surface area contributed by atoms with Gasteiger partial charge in [0.15, 0.2) is 5.78 Å². The molecule has 0 spiro atoms. The fourth-order valence-corrected chi connectivity index (χ4v) is 1.81. The quantitative estimate of drug-likeness (QED) is 0.777. The Hall–Kier alpha value is -1.72. The molecule has 1 heterocycles. The fourth-order valence-electron chi connectivity index (χ4n) is 1.81. The topological polar surface area (TPSA) is 81.4 Å². The molecule has 5 heteroatoms. The Balaban J connectivity index is 1.98. The number of ketones is 1. The number of nitrogens with two attached hydrogens (primary N) is 1. The van der Waals surface area contributed by atoms with Crippen LogP contribution in [0.15, 0.2) is 24.3 Å². The molecule has 0 bridgehead atoms. The summed E-state index contributed by atoms with van der Waals surface area (Å²) >= 11 is 0. The van der Waals surface area contributed by atoms with Crippen molar-refractivity contribution >= 4 is 17.4 Å². The SMILES string of the molecule is CC(=O)c1cccc(NC(=O)CC2(N)COC2)c1. The molecule has 1 aromatic carbocycles. The van der Waals surface area contributed by atoms with Crippen LogP contribution in [0.2, 0.25) is 0 Å². The third-order valence-corrected chi connectivity index (χ3v) is 2.84. The van der Waals surface area contributed by atoms with E-state index >= 15 is 0 Å². The smallest absolute Gasteiger partial charge is 0.226 e. The van der Waals surface area contributed by atoms with E-state index in [9.17, 15) is 9.59 Å². The minimum absolute atomic E-state index is 0.0335. The Labute approximate surface area is 105 Å². The maximum absolute atomic E-state index is 11.8. The first-order valence-corrected chi connectivity index (χ1v) is 5.76. The summed E-state index contributed by atoms with van der Waals surface area (Å²) in [6.45, 7) is 2.31. The van der Waals surface area contributed by atoms with Crippen LogP contribution in [-0.4, -0.2) is 30.4 Å². The molecule has 3 N–H and O–H groups in total. The summed E-state index contributed by atoms with van der Waals surface area (Å²) in [6.07, 6.45) is 0.220. The number of hydrogen-bond donors (Lipinski definition) is 2. The largest absolute Gasteiger partial charge is 0.377 e. The second-order valence-electron chi connectivity index (χ2n) is 4.72. The maximum atomic E-state index is 11.8. The van der Waals surface area contributed by atoms with Gasteiger partial charge in [0.25, 0.3) is 0 Å². The highest BCUT2D eigenvalue weighted by molar-refractivity contribution is 5.97. The van der Waals surface area contributed by atoms with E-state index in [2.05, 4.69) is 5.32 Å². The molecule has 1 aliphatic heterocycles. The zero-order chi connectivity index (χ0) is 13.2. The van der Waals surface area contributed by atoms with Crippen molar-refractivity contribution in [2.45, 2.75) is 18.9 Å². The van der Waals surface area contributed by atoms with Gasteiger partial charge >= 0.3 is 0 Å². The molecule has 18 heavy (non-hydrogen) atoms. The van der Waals surface area contributed by atoms with Crippen LogP contribution in [0.3, 0.4) is 0 Å². The van der Waals surface area contributed by atoms with Crippen molar-refractivity contribution in [1.82, 2.24) is 0 Å². The highest BCUT2D eigenvalue weighted by Crippen LogP contribution is 2.19. The number of ether oxygens (including phenoxy) is 1. The van der Waals surface area contributed by atoms with E-state index < -0.39 is 5.54 Å². The Bertz CT molecular complexity index is 481. The zero-order valence-corrected chi connectivity index (χ0v) is 10.2. The number of benzene rings is 1. The molecular formula is C13H16N2O3. The van der Waals surface area contributed by atoms with Crippen molar-refractivity contribution in [2.24, 2.45) is 5.73 Å². The van der Waals surface area contributed by atoms with Gasteiger partial charge in [0.1, 0.15) is 0 Å². The van der Waals surface area contributed by atoms with E-state index in [0.717, 1.165) is 0 Å². The molecule has 0 radical (unpaired) electrons. The minimum Gasteiger partial charge on any atom is -0.377 e. The lowest BCUT2D eigenvalue weighted by Gasteiger charge is -2.37. The van der Waals surface area contributed by atoms with Crippen LogP contribution < -0.4 is 11.1 Å². The van der Waals surface area contributed by atoms with E-state index in [-0.39, 0.29) is 18.1 Å². The minimum atomic E-state index is -0.539. The molecular weight excluding hydrogens is 232 g/mol. The average molecular weight is 248 g/mol. The van der Waals surface area contributed by atoms with Gasteiger partial charge < -0.3 is 15.8 Å². The van der Waals surface area contributed by atoms with Crippen LogP contribution in [-0.2, 0) is 9.53 Å². The van der Waals surface area contributed by atoms with Gasteiger partial charge in [-0.3, -0.25) is 9.59 Å². The van der Waals surface area contributed by atoms with Crippen molar-refractivity contribution in [2.75, 3.05) is 18.5 Å². The predicted molar refractivity (Wildman–Crippen MR) is 67.4 cm³/mol. The van der Waals surface area contributed by atoms with Gasteiger partial charge in [0, 0.05) is 17.7 Å². The van der Waals surface area contributed by atoms with Gasteiger partial charge in [-0.1, -0.05) is 12.1 Å². The van der Waals surface area contributed by atoms with Crippen LogP contribution >= 0.6 is 0 Å². The summed E-state index contributed by atoms with van der Waals surface area (Å²) in [5.74, 6) is -0.199. The highest BCUT2D eigenvalue weighted by Gasteiger charge is 2.36. The number of amides is 1. The second-order valence-corrected chi connectivity index (χ2v) is 4.72. The number of rotatable bonds is 4. The molecule has 0 saturated carbocycles. The van der Waals surface area contributed by atoms with Gasteiger partial charge in [-0.25, -0.2) is 0 Å². The summed E-state index contributed by atoms with van der Waals surface area (Å²) in [7, 11) is 0. The third kappa shape index (κ3) is 2.94. The number of carbonyl (C=O) groups is 2. The van der Waals surface area contributed by atoms with Crippen LogP contribution in [0, 0.1) is 0 Å². The van der Waals surface area contributed by atoms with Gasteiger partial charge in [0.05, 0.1) is 18.8 Å². The summed E-state index contributed by atoms with van der Waals surface area (Å²) < 4.78 is 4.99. The lowest BCUT2D eigenvalue weighted by molar-refractivity contribution is -0.123. The molecule has 5 nitrogen and oxygen atoms in total. The third-order valence-electron chi connectivity index (χ3n) is 2.84. The lowest BCUT2D eigenvalue weighted by Crippen LogP contribution is -2.58. The molecule has 0 unspecified atom stereocenters. The van der Waals surface area contributed by atoms with Gasteiger partial charge in [-0.15, -0.1) is 0 Å². The molecule has 1 amide bonds. The molecule has 1 aliphatic rings. The first-order chi connectivity index (χ1) is 8.48. The summed E-state index contributed by atoms with van der Waals surface area (Å²) in [6, 6.07) is 6.84. The number of Topliss-reactive ketones (excluding diaryl/α,β-unsaturated/α-hetero) is 1. The van der Waals surface area contributed by atoms with Crippen molar-refractivity contribution in [1.29, 1.82) is 0 Å². The maximum Gasteiger partial charge on any atom is 0.226 e. The number of anilines is 1. The van der Waals surface area contributed by atoms with E-state index in [1.54, 1.807) is 24.3 Å². The summed E-state index contributed by atoms with van der Waals surface area (Å²) in [5, 5.41) is 2.73. The van der Waals surface area contributed by atoms with E-state index in [4.69, 9.17) is 10.5 Å². The number of carbonyl (C=O) groups excluding carboxylic acids is 2. The number of nitrogens with one attached hydrogen (secondary N) is 1. The molecule has 2 rings (SSSR count). The predicted octanol–water partition coefficient (Wildman–Crippen LogP) is 0.946. The van der Waals surface area contributed by atoms with Crippen LogP contribution in [0.25, 0.3) is 0 Å². The molecule has 1 fully saturated rings. The van der Waals surface area contributed by atoms with Crippen molar-refractivity contribution < 1.29 is 14.3 Å². The number of hydrogen-bond acceptors (Lipinski definition) is 4. The Morgan fingerprint density at radius 1 is 1.44 bits per heavy atom. The van der Waals surface area contributed by atoms with Crippen LogP contribution in [0.4, 0.5) is 5.69 Å². The van der Waals surface area contributed by atoms with Crippen molar-refractivity contribution in [3.63, 3.8) is 0 Å². The second kappa shape index (κ2) is 4.88. The Morgan fingerprint density at radius 3 is 2.72 bits per heavy atom. The highest BCUT2D eigenvalue weighted by atomic mass is 16.5. The summed E-state index contributed by atoms with van der Waals surface area (Å²) in [5.41, 5.74) is 6.54. The molecule has 0 aliphatic carbocycles. The molecule has 96 valence electrons. The summed E-state index contributed by atoms with van der Waals surface area (Å²) in [4.78, 5) is 23.0. The van der Waals surface area contributed by atoms with Gasteiger partial charge in [-0.05, 0) is 19.1 Å². The Kier molecular flexibility index (Phi) is 3.45. The standard InChI is InChI=1S/C13H16N2O3/c1-9(16)10-3-2-4-11(5-10)15-12(17)6-13(14)7-18-8-13/h2-5H,6-8,14H2,1H3,(H,15,17). The molecule has 0 aromatic heterocycles. The Morgan fingerprint density at radius 2 is 2.17 bits per heavy atom. The normalized spacial score (nSPS) is 16.8. The van der Waals surface area contributed by atoms with Crippen molar-refractivity contribution in [3.8, 4) is 0 Å². The van der Waals surface area contributed by atoms with Crippen molar-refractivity contribution in [3.05, 3.63) is 29.8 Å². The van der Waals surface area contributed by atoms with Gasteiger partial charge in [0.2, 0.25) is 5.91 Å². The van der Waals surface area contributed by atoms with E-state index in [1.807, 2.05) is 0 Å². The first-order valence-electron chi connectivity index (χ1n) is 5.76. The van der Waals surface area contributed by atoms with Gasteiger partial charge in [-0.2, -0.15) is 0 Å². The average Bonchev–Trinajstić information content (AvgIpc) is 2.27. The zero-order valence-electron chi connectivity index (χ0n) is 10.2. The molecule has 1 aromatic rings. The fraction of sp³-hybridized carbons (Fsp3) is 0.385. The molecule has 1 saturated heterocycles. The van der Waals surface area contributed by atoms with E-state index in [0.29, 0.717) is 24.5 Å². The monoisotopic (exact) mass is 248 g/mol. The van der Waals surface area contributed by atoms with Crippen LogP contribution in [0.5, 0.6) is 0 Å². The van der Waals surface area contributed by atoms with E-state index in [1.165, 1.54) is 6.92 Å². The lowest BCUT2D eigenvalue weighted by atomic mass is 9.94. The first kappa shape index (κ1) is 12.7. The van der Waals surface area contributed by atoms with Crippen LogP contribution in [0.1, 0.15) is 23.7 Å². The molecule has 0 atom stereocenters.